The molecular weight excluding hydrogens is 371 g/mol. The zero-order valence-electron chi connectivity index (χ0n) is 13.4. The second kappa shape index (κ2) is 6.83. The Labute approximate surface area is 150 Å². The Morgan fingerprint density at radius 3 is 2.62 bits per heavy atom. The Morgan fingerprint density at radius 2 is 1.92 bits per heavy atom. The van der Waals surface area contributed by atoms with E-state index in [0.717, 1.165) is 6.07 Å². The molecule has 10 heteroatoms. The highest BCUT2D eigenvalue weighted by Crippen LogP contribution is 2.32. The number of nitrogen functional groups attached to an aromatic ring is 1. The van der Waals surface area contributed by atoms with Gasteiger partial charge in [-0.05, 0) is 25.1 Å². The number of nitrogens with one attached hydrogen (secondary N) is 2. The lowest BCUT2D eigenvalue weighted by atomic mass is 10.0. The van der Waals surface area contributed by atoms with E-state index < -0.39 is 29.4 Å². The molecule has 6 nitrogen and oxygen atoms in total. The van der Waals surface area contributed by atoms with E-state index >= 15 is 0 Å². The van der Waals surface area contributed by atoms with Gasteiger partial charge < -0.3 is 11.1 Å². The number of nitrogens with two attached hydrogens (primary N) is 1. The van der Waals surface area contributed by atoms with Gasteiger partial charge in [0.05, 0.1) is 17.0 Å². The molecule has 2 aromatic heterocycles. The standard InChI is InChI=1S/C16H13ClF3N5O/c1-6(8-2-7(21)3-10(13(8)18)14(19)20)23-15-9-4-12(17)22-5-11(9)16(26)25-24-15/h2-6,14H,21H2,1H3,(H,23,24)(H,25,26). The molecule has 0 aliphatic rings. The number of aromatic nitrogens is 3. The van der Waals surface area contributed by atoms with Gasteiger partial charge >= 0.3 is 0 Å². The van der Waals surface area contributed by atoms with E-state index in [4.69, 9.17) is 17.3 Å². The van der Waals surface area contributed by atoms with Gasteiger partial charge in [0.1, 0.15) is 11.0 Å². The summed E-state index contributed by atoms with van der Waals surface area (Å²) in [4.78, 5) is 15.7. The lowest BCUT2D eigenvalue weighted by molar-refractivity contribution is 0.146. The minimum absolute atomic E-state index is 0.0110. The number of rotatable bonds is 4. The van der Waals surface area contributed by atoms with Gasteiger partial charge in [-0.15, -0.1) is 0 Å². The van der Waals surface area contributed by atoms with Crippen molar-refractivity contribution in [3.8, 4) is 0 Å². The zero-order valence-corrected chi connectivity index (χ0v) is 14.1. The van der Waals surface area contributed by atoms with Crippen molar-refractivity contribution in [3.05, 3.63) is 56.8 Å². The van der Waals surface area contributed by atoms with E-state index in [1.807, 2.05) is 0 Å². The summed E-state index contributed by atoms with van der Waals surface area (Å²) in [5.41, 5.74) is 4.32. The first kappa shape index (κ1) is 18.0. The van der Waals surface area contributed by atoms with Crippen molar-refractivity contribution in [3.63, 3.8) is 0 Å². The van der Waals surface area contributed by atoms with E-state index in [0.29, 0.717) is 5.39 Å². The second-order valence-corrected chi connectivity index (χ2v) is 6.02. The van der Waals surface area contributed by atoms with Gasteiger partial charge in [-0.1, -0.05) is 11.6 Å². The zero-order chi connectivity index (χ0) is 19.0. The molecule has 0 radical (unpaired) electrons. The van der Waals surface area contributed by atoms with E-state index in [9.17, 15) is 18.0 Å². The molecule has 1 atom stereocenters. The van der Waals surface area contributed by atoms with Crippen LogP contribution in [0, 0.1) is 5.82 Å². The number of alkyl halides is 2. The molecule has 3 aromatic rings. The number of benzene rings is 1. The summed E-state index contributed by atoms with van der Waals surface area (Å²) in [6, 6.07) is 2.81. The highest BCUT2D eigenvalue weighted by Gasteiger charge is 2.22. The summed E-state index contributed by atoms with van der Waals surface area (Å²) >= 11 is 5.86. The summed E-state index contributed by atoms with van der Waals surface area (Å²) in [6.07, 6.45) is -1.72. The Bertz CT molecular complexity index is 1040. The van der Waals surface area contributed by atoms with Crippen LogP contribution in [0.5, 0.6) is 0 Å². The number of pyridine rings is 1. The van der Waals surface area contributed by atoms with Crippen molar-refractivity contribution in [2.24, 2.45) is 0 Å². The van der Waals surface area contributed by atoms with Gasteiger partial charge in [-0.25, -0.2) is 23.3 Å². The average Bonchev–Trinajstić information content (AvgIpc) is 2.58. The highest BCUT2D eigenvalue weighted by atomic mass is 35.5. The maximum Gasteiger partial charge on any atom is 0.273 e. The molecule has 2 heterocycles. The summed E-state index contributed by atoms with van der Waals surface area (Å²) in [6.45, 7) is 1.55. The molecule has 0 amide bonds. The maximum absolute atomic E-state index is 14.4. The van der Waals surface area contributed by atoms with Crippen LogP contribution in [-0.4, -0.2) is 15.2 Å². The number of hydrogen-bond acceptors (Lipinski definition) is 5. The molecule has 136 valence electrons. The number of hydrogen-bond donors (Lipinski definition) is 3. The predicted molar refractivity (Wildman–Crippen MR) is 93.0 cm³/mol. The van der Waals surface area contributed by atoms with Crippen molar-refractivity contribution in [1.82, 2.24) is 15.2 Å². The molecule has 1 aromatic carbocycles. The average molecular weight is 384 g/mol. The van der Waals surface area contributed by atoms with Crippen LogP contribution in [-0.2, 0) is 0 Å². The minimum Gasteiger partial charge on any atom is -0.399 e. The molecule has 1 unspecified atom stereocenters. The quantitative estimate of drug-likeness (QED) is 0.470. The van der Waals surface area contributed by atoms with Gasteiger partial charge in [0.25, 0.3) is 12.0 Å². The third-order valence-corrected chi connectivity index (χ3v) is 4.05. The fraction of sp³-hybridized carbons (Fsp3) is 0.188. The van der Waals surface area contributed by atoms with Crippen LogP contribution in [0.4, 0.5) is 24.7 Å². The molecule has 0 saturated heterocycles. The molecule has 4 N–H and O–H groups in total. The topological polar surface area (TPSA) is 96.7 Å². The van der Waals surface area contributed by atoms with Crippen LogP contribution in [0.1, 0.15) is 30.5 Å². The van der Waals surface area contributed by atoms with E-state index in [-0.39, 0.29) is 27.6 Å². The van der Waals surface area contributed by atoms with Gasteiger partial charge in [0.15, 0.2) is 5.82 Å². The summed E-state index contributed by atoms with van der Waals surface area (Å²) in [7, 11) is 0. The van der Waals surface area contributed by atoms with Gasteiger partial charge in [-0.2, -0.15) is 5.10 Å². The van der Waals surface area contributed by atoms with Crippen molar-refractivity contribution >= 4 is 33.9 Å². The van der Waals surface area contributed by atoms with Crippen LogP contribution in [0.25, 0.3) is 10.8 Å². The van der Waals surface area contributed by atoms with Crippen molar-refractivity contribution < 1.29 is 13.2 Å². The van der Waals surface area contributed by atoms with Crippen molar-refractivity contribution in [2.45, 2.75) is 19.4 Å². The summed E-state index contributed by atoms with van der Waals surface area (Å²) < 4.78 is 40.4. The normalized spacial score (nSPS) is 12.5. The van der Waals surface area contributed by atoms with Crippen LogP contribution < -0.4 is 16.6 Å². The van der Waals surface area contributed by atoms with E-state index in [1.54, 1.807) is 6.92 Å². The maximum atomic E-state index is 14.4. The molecule has 0 bridgehead atoms. The monoisotopic (exact) mass is 383 g/mol. The highest BCUT2D eigenvalue weighted by molar-refractivity contribution is 6.30. The molecule has 26 heavy (non-hydrogen) atoms. The molecule has 0 fully saturated rings. The second-order valence-electron chi connectivity index (χ2n) is 5.63. The molecular formula is C16H13ClF3N5O. The molecule has 0 spiro atoms. The number of fused-ring (bicyclic) bond motifs is 1. The summed E-state index contributed by atoms with van der Waals surface area (Å²) in [5, 5.41) is 9.77. The summed E-state index contributed by atoms with van der Waals surface area (Å²) in [5.74, 6) is -0.862. The van der Waals surface area contributed by atoms with Crippen molar-refractivity contribution in [2.75, 3.05) is 11.1 Å². The van der Waals surface area contributed by atoms with Crippen LogP contribution in [0.15, 0.2) is 29.2 Å². The van der Waals surface area contributed by atoms with Crippen molar-refractivity contribution in [1.29, 1.82) is 0 Å². The predicted octanol–water partition coefficient (Wildman–Crippen LogP) is 3.80. The Hall–Kier alpha value is -2.81. The largest absolute Gasteiger partial charge is 0.399 e. The first-order valence-electron chi connectivity index (χ1n) is 7.45. The number of halogens is 4. The number of aromatic amines is 1. The van der Waals surface area contributed by atoms with Crippen LogP contribution >= 0.6 is 11.6 Å². The third-order valence-electron chi connectivity index (χ3n) is 3.85. The Kier molecular flexibility index (Phi) is 4.73. The first-order chi connectivity index (χ1) is 12.3. The van der Waals surface area contributed by atoms with E-state index in [2.05, 4.69) is 20.5 Å². The van der Waals surface area contributed by atoms with E-state index in [1.165, 1.54) is 18.3 Å². The van der Waals surface area contributed by atoms with Crippen LogP contribution in [0.3, 0.4) is 0 Å². The fourth-order valence-corrected chi connectivity index (χ4v) is 2.75. The van der Waals surface area contributed by atoms with Crippen LogP contribution in [0.2, 0.25) is 5.15 Å². The molecule has 3 rings (SSSR count). The molecule has 0 saturated carbocycles. The number of H-pyrrole nitrogens is 1. The minimum atomic E-state index is -3.00. The lowest BCUT2D eigenvalue weighted by Crippen LogP contribution is -2.16. The SMILES string of the molecule is CC(Nc1n[nH]c(=O)c2cnc(Cl)cc12)c1cc(N)cc(C(F)F)c1F. The molecule has 0 aliphatic carbocycles. The Balaban J connectivity index is 2.05. The third kappa shape index (κ3) is 3.30. The van der Waals surface area contributed by atoms with Gasteiger partial charge in [0, 0.05) is 22.8 Å². The fourth-order valence-electron chi connectivity index (χ4n) is 2.59. The van der Waals surface area contributed by atoms with Gasteiger partial charge in [-0.3, -0.25) is 4.79 Å². The lowest BCUT2D eigenvalue weighted by Gasteiger charge is -2.18. The van der Waals surface area contributed by atoms with Gasteiger partial charge in [0.2, 0.25) is 0 Å². The number of nitrogens with zero attached hydrogens (tertiary/aromatic N) is 2. The number of anilines is 2. The first-order valence-corrected chi connectivity index (χ1v) is 7.83. The smallest absolute Gasteiger partial charge is 0.273 e. The molecule has 0 aliphatic heterocycles. The Morgan fingerprint density at radius 1 is 1.23 bits per heavy atom.